The molecular weight excluding hydrogens is 250 g/mol. The molecule has 0 radical (unpaired) electrons. The predicted octanol–water partition coefficient (Wildman–Crippen LogP) is 3.66. The van der Waals surface area contributed by atoms with Crippen LogP contribution >= 0.6 is 11.6 Å². The van der Waals surface area contributed by atoms with Gasteiger partial charge < -0.3 is 14.9 Å². The van der Waals surface area contributed by atoms with Crippen molar-refractivity contribution in [2.75, 3.05) is 6.61 Å². The Hall–Kier alpha value is -1.03. The van der Waals surface area contributed by atoms with E-state index in [2.05, 4.69) is 0 Å². The molecule has 96 valence electrons. The van der Waals surface area contributed by atoms with Gasteiger partial charge in [-0.1, -0.05) is 11.6 Å². The second-order valence-corrected chi connectivity index (χ2v) is 5.24. The van der Waals surface area contributed by atoms with Gasteiger partial charge in [0.05, 0.1) is 12.1 Å². The van der Waals surface area contributed by atoms with Crippen LogP contribution in [0.1, 0.15) is 31.1 Å². The van der Waals surface area contributed by atoms with Gasteiger partial charge in [-0.25, -0.2) is 0 Å². The van der Waals surface area contributed by atoms with E-state index in [0.717, 1.165) is 42.6 Å². The molecule has 2 heterocycles. The maximum Gasteiger partial charge on any atom is 0.134 e. The molecule has 1 fully saturated rings. The second kappa shape index (κ2) is 4.92. The van der Waals surface area contributed by atoms with Crippen molar-refractivity contribution in [3.63, 3.8) is 0 Å². The van der Waals surface area contributed by atoms with Gasteiger partial charge in [0.1, 0.15) is 11.3 Å². The van der Waals surface area contributed by atoms with Crippen LogP contribution in [0, 0.1) is 0 Å². The third kappa shape index (κ3) is 2.39. The molecule has 1 saturated heterocycles. The molecule has 0 bridgehead atoms. The Labute approximate surface area is 111 Å². The zero-order valence-electron chi connectivity index (χ0n) is 10.1. The minimum Gasteiger partial charge on any atom is -0.459 e. The van der Waals surface area contributed by atoms with Crippen molar-refractivity contribution in [1.82, 2.24) is 0 Å². The molecule has 2 unspecified atom stereocenters. The third-order valence-electron chi connectivity index (χ3n) is 3.40. The Morgan fingerprint density at radius 2 is 2.28 bits per heavy atom. The molecule has 2 atom stereocenters. The summed E-state index contributed by atoms with van der Waals surface area (Å²) in [6.07, 6.45) is 3.32. The number of halogens is 1. The highest BCUT2D eigenvalue weighted by Gasteiger charge is 2.21. The first-order valence-electron chi connectivity index (χ1n) is 6.28. The Morgan fingerprint density at radius 1 is 1.39 bits per heavy atom. The Balaban J connectivity index is 1.80. The fourth-order valence-electron chi connectivity index (χ4n) is 2.45. The summed E-state index contributed by atoms with van der Waals surface area (Å²) in [4.78, 5) is 0. The Bertz CT molecular complexity index is 546. The quantitative estimate of drug-likeness (QED) is 0.921. The lowest BCUT2D eigenvalue weighted by molar-refractivity contribution is 0.0965. The monoisotopic (exact) mass is 265 g/mol. The molecule has 1 aliphatic heterocycles. The largest absolute Gasteiger partial charge is 0.459 e. The number of furan rings is 1. The van der Waals surface area contributed by atoms with E-state index in [1.54, 1.807) is 0 Å². The zero-order chi connectivity index (χ0) is 12.5. The summed E-state index contributed by atoms with van der Waals surface area (Å²) >= 11 is 5.95. The summed E-state index contributed by atoms with van der Waals surface area (Å²) in [7, 11) is 0. The number of rotatable bonds is 3. The second-order valence-electron chi connectivity index (χ2n) is 4.81. The van der Waals surface area contributed by atoms with E-state index in [-0.39, 0.29) is 12.1 Å². The van der Waals surface area contributed by atoms with Gasteiger partial charge in [-0.05, 0) is 43.5 Å². The average molecular weight is 266 g/mol. The maximum atomic E-state index is 6.17. The van der Waals surface area contributed by atoms with Crippen molar-refractivity contribution in [2.45, 2.75) is 31.4 Å². The molecule has 2 N–H and O–H groups in total. The lowest BCUT2D eigenvalue weighted by atomic mass is 10.1. The van der Waals surface area contributed by atoms with E-state index in [9.17, 15) is 0 Å². The van der Waals surface area contributed by atoms with Gasteiger partial charge in [0.15, 0.2) is 0 Å². The minimum absolute atomic E-state index is 0.112. The average Bonchev–Trinajstić information content (AvgIpc) is 2.96. The lowest BCUT2D eigenvalue weighted by Gasteiger charge is -2.13. The van der Waals surface area contributed by atoms with Crippen molar-refractivity contribution in [3.8, 4) is 0 Å². The molecule has 0 saturated carbocycles. The summed E-state index contributed by atoms with van der Waals surface area (Å²) in [5, 5.41) is 1.71. The molecule has 1 aromatic heterocycles. The minimum atomic E-state index is -0.112. The van der Waals surface area contributed by atoms with E-state index >= 15 is 0 Å². The highest BCUT2D eigenvalue weighted by atomic mass is 35.5. The van der Waals surface area contributed by atoms with Gasteiger partial charge in [0.25, 0.3) is 0 Å². The summed E-state index contributed by atoms with van der Waals surface area (Å²) in [6.45, 7) is 0.854. The summed E-state index contributed by atoms with van der Waals surface area (Å²) in [5.74, 6) is 0.808. The Morgan fingerprint density at radius 3 is 3.06 bits per heavy atom. The fraction of sp³-hybridized carbons (Fsp3) is 0.429. The van der Waals surface area contributed by atoms with E-state index in [1.165, 1.54) is 0 Å². The van der Waals surface area contributed by atoms with Crippen LogP contribution in [0.2, 0.25) is 5.02 Å². The molecule has 0 amide bonds. The van der Waals surface area contributed by atoms with Crippen LogP contribution < -0.4 is 5.73 Å². The molecule has 1 aliphatic rings. The summed E-state index contributed by atoms with van der Waals surface area (Å²) < 4.78 is 11.4. The maximum absolute atomic E-state index is 6.17. The number of benzene rings is 1. The van der Waals surface area contributed by atoms with Crippen molar-refractivity contribution in [2.24, 2.45) is 5.73 Å². The zero-order valence-corrected chi connectivity index (χ0v) is 10.8. The number of fused-ring (bicyclic) bond motifs is 1. The first-order chi connectivity index (χ1) is 8.72. The predicted molar refractivity (Wildman–Crippen MR) is 71.7 cm³/mol. The van der Waals surface area contributed by atoms with Gasteiger partial charge in [-0.15, -0.1) is 0 Å². The Kier molecular flexibility index (Phi) is 3.29. The van der Waals surface area contributed by atoms with E-state index < -0.39 is 0 Å². The van der Waals surface area contributed by atoms with Crippen LogP contribution in [0.4, 0.5) is 0 Å². The third-order valence-corrected chi connectivity index (χ3v) is 3.64. The highest BCUT2D eigenvalue weighted by Crippen LogP contribution is 2.29. The van der Waals surface area contributed by atoms with Crippen LogP contribution in [0.15, 0.2) is 28.7 Å². The van der Waals surface area contributed by atoms with Crippen LogP contribution in [0.3, 0.4) is 0 Å². The number of hydrogen-bond donors (Lipinski definition) is 1. The van der Waals surface area contributed by atoms with Gasteiger partial charge in [0, 0.05) is 17.0 Å². The number of hydrogen-bond acceptors (Lipinski definition) is 3. The van der Waals surface area contributed by atoms with Gasteiger partial charge in [-0.2, -0.15) is 0 Å². The van der Waals surface area contributed by atoms with Crippen molar-refractivity contribution < 1.29 is 9.15 Å². The first-order valence-corrected chi connectivity index (χ1v) is 6.66. The fourth-order valence-corrected chi connectivity index (χ4v) is 2.63. The lowest BCUT2D eigenvalue weighted by Crippen LogP contribution is -2.17. The van der Waals surface area contributed by atoms with Crippen LogP contribution in [-0.4, -0.2) is 12.7 Å². The SMILES string of the molecule is NC(CC1CCCO1)c1cc2cc(Cl)ccc2o1. The summed E-state index contributed by atoms with van der Waals surface area (Å²) in [5.41, 5.74) is 7.00. The van der Waals surface area contributed by atoms with Crippen molar-refractivity contribution in [3.05, 3.63) is 35.0 Å². The topological polar surface area (TPSA) is 48.4 Å². The molecular formula is C14H16ClNO2. The molecule has 3 nitrogen and oxygen atoms in total. The standard InChI is InChI=1S/C14H16ClNO2/c15-10-3-4-13-9(6-10)7-14(18-13)12(16)8-11-2-1-5-17-11/h3-4,6-7,11-12H,1-2,5,8,16H2. The smallest absolute Gasteiger partial charge is 0.134 e. The molecule has 18 heavy (non-hydrogen) atoms. The van der Waals surface area contributed by atoms with Gasteiger partial charge in [-0.3, -0.25) is 0 Å². The highest BCUT2D eigenvalue weighted by molar-refractivity contribution is 6.31. The van der Waals surface area contributed by atoms with Gasteiger partial charge in [0.2, 0.25) is 0 Å². The molecule has 2 aromatic rings. The van der Waals surface area contributed by atoms with Crippen LogP contribution in [0.5, 0.6) is 0 Å². The van der Waals surface area contributed by atoms with Crippen molar-refractivity contribution >= 4 is 22.6 Å². The normalized spacial score (nSPS) is 21.6. The number of ether oxygens (including phenoxy) is 1. The van der Waals surface area contributed by atoms with Crippen LogP contribution in [-0.2, 0) is 4.74 Å². The molecule has 4 heteroatoms. The van der Waals surface area contributed by atoms with Gasteiger partial charge >= 0.3 is 0 Å². The van der Waals surface area contributed by atoms with Crippen LogP contribution in [0.25, 0.3) is 11.0 Å². The molecule has 1 aromatic carbocycles. The summed E-state index contributed by atoms with van der Waals surface area (Å²) in [6, 6.07) is 7.45. The number of nitrogens with two attached hydrogens (primary N) is 1. The molecule has 0 aliphatic carbocycles. The molecule has 3 rings (SSSR count). The van der Waals surface area contributed by atoms with E-state index in [4.69, 9.17) is 26.5 Å². The van der Waals surface area contributed by atoms with E-state index in [0.29, 0.717) is 5.02 Å². The van der Waals surface area contributed by atoms with E-state index in [1.807, 2.05) is 24.3 Å². The molecule has 0 spiro atoms. The van der Waals surface area contributed by atoms with Crippen molar-refractivity contribution in [1.29, 1.82) is 0 Å². The first kappa shape index (κ1) is 12.0.